The zero-order valence-electron chi connectivity index (χ0n) is 18.4. The average molecular weight is 466 g/mol. The molecule has 0 radical (unpaired) electrons. The fraction of sp³-hybridized carbons (Fsp3) is 0.381. The van der Waals surface area contributed by atoms with E-state index in [0.717, 1.165) is 0 Å². The molecule has 0 unspecified atom stereocenters. The molecular formula is C21H22N8O5. The molecule has 1 aliphatic heterocycles. The Labute approximate surface area is 192 Å². The van der Waals surface area contributed by atoms with Gasteiger partial charge < -0.3 is 9.47 Å². The molecule has 176 valence electrons. The number of esters is 1. The van der Waals surface area contributed by atoms with Crippen LogP contribution in [-0.4, -0.2) is 50.1 Å². The highest BCUT2D eigenvalue weighted by Gasteiger charge is 2.37. The molecule has 3 aromatic rings. The predicted octanol–water partition coefficient (Wildman–Crippen LogP) is 2.54. The number of amides is 1. The lowest BCUT2D eigenvalue weighted by Crippen LogP contribution is -2.26. The van der Waals surface area contributed by atoms with Gasteiger partial charge in [-0.1, -0.05) is 37.2 Å². The number of H-pyrrole nitrogens is 1. The largest absolute Gasteiger partial charge is 0.459 e. The van der Waals surface area contributed by atoms with Crippen LogP contribution in [-0.2, 0) is 14.3 Å². The first-order valence-corrected chi connectivity index (χ1v) is 10.6. The van der Waals surface area contributed by atoms with E-state index in [-0.39, 0.29) is 42.0 Å². The molecule has 1 amide bonds. The number of nitrogens with one attached hydrogen (secondary N) is 2. The Morgan fingerprint density at radius 3 is 2.85 bits per heavy atom. The summed E-state index contributed by atoms with van der Waals surface area (Å²) in [6.07, 6.45) is 0.222. The van der Waals surface area contributed by atoms with Gasteiger partial charge in [0.2, 0.25) is 11.9 Å². The highest BCUT2D eigenvalue weighted by atomic mass is 16.6. The summed E-state index contributed by atoms with van der Waals surface area (Å²) < 4.78 is 12.9. The van der Waals surface area contributed by atoms with E-state index in [1.165, 1.54) is 10.9 Å². The second kappa shape index (κ2) is 9.73. The number of aromatic nitrogens is 4. The minimum atomic E-state index is -0.715. The summed E-state index contributed by atoms with van der Waals surface area (Å²) in [5.74, 6) is -1.17. The van der Waals surface area contributed by atoms with Crippen molar-refractivity contribution in [1.82, 2.24) is 19.5 Å². The van der Waals surface area contributed by atoms with Gasteiger partial charge in [0.25, 0.3) is 5.56 Å². The number of rotatable bonds is 7. The Morgan fingerprint density at radius 2 is 2.15 bits per heavy atom. The van der Waals surface area contributed by atoms with Crippen LogP contribution in [0.1, 0.15) is 36.9 Å². The van der Waals surface area contributed by atoms with Crippen LogP contribution >= 0.6 is 0 Å². The van der Waals surface area contributed by atoms with Gasteiger partial charge in [-0.05, 0) is 17.7 Å². The molecule has 2 N–H and O–H groups in total. The Kier molecular flexibility index (Phi) is 6.57. The quantitative estimate of drug-likeness (QED) is 0.232. The molecule has 1 saturated heterocycles. The van der Waals surface area contributed by atoms with E-state index in [1.54, 1.807) is 44.2 Å². The highest BCUT2D eigenvalue weighted by Crippen LogP contribution is 2.33. The number of ether oxygens (including phenoxy) is 2. The molecule has 13 nitrogen and oxygen atoms in total. The SMILES string of the molecule is CC(C)C(=O)Nc1nc2c(ncn2[C@H]2C[C@@H](N=[N+]=[N-])[C@@H](COC(=O)c3ccccc3)O2)c(=O)[nH]1. The number of carbonyl (C=O) groups excluding carboxylic acids is 2. The van der Waals surface area contributed by atoms with Gasteiger partial charge in [-0.15, -0.1) is 0 Å². The average Bonchev–Trinajstić information content (AvgIpc) is 3.42. The van der Waals surface area contributed by atoms with Gasteiger partial charge >= 0.3 is 5.97 Å². The van der Waals surface area contributed by atoms with Crippen molar-refractivity contribution in [1.29, 1.82) is 0 Å². The molecule has 0 saturated carbocycles. The standard InChI is InChI=1S/C21H22N8O5/c1-11(2)18(30)25-21-24-17-16(19(31)26-21)23-10-29(17)15-8-13(27-28-22)14(34-15)9-33-20(32)12-6-4-3-5-7-12/h3-7,10-11,13-15H,8-9H2,1-2H3,(H2,24,25,26,30,31)/t13-,14-,15-/m1/s1. The maximum Gasteiger partial charge on any atom is 0.338 e. The highest BCUT2D eigenvalue weighted by molar-refractivity contribution is 5.91. The summed E-state index contributed by atoms with van der Waals surface area (Å²) in [6, 6.07) is 7.85. The lowest BCUT2D eigenvalue weighted by molar-refractivity contribution is -0.118. The van der Waals surface area contributed by atoms with Crippen molar-refractivity contribution >= 4 is 29.0 Å². The number of aromatic amines is 1. The fourth-order valence-corrected chi connectivity index (χ4v) is 3.50. The Bertz CT molecular complexity index is 1310. The number of hydrogen-bond acceptors (Lipinski definition) is 8. The van der Waals surface area contributed by atoms with Gasteiger partial charge in [0.05, 0.1) is 17.9 Å². The van der Waals surface area contributed by atoms with E-state index in [0.29, 0.717) is 5.56 Å². The van der Waals surface area contributed by atoms with Crippen molar-refractivity contribution in [2.45, 2.75) is 38.6 Å². The molecular weight excluding hydrogens is 444 g/mol. The summed E-state index contributed by atoms with van der Waals surface area (Å²) in [6.45, 7) is 3.29. The lowest BCUT2D eigenvalue weighted by atomic mass is 10.1. The number of imidazole rings is 1. The van der Waals surface area contributed by atoms with Crippen LogP contribution in [0.3, 0.4) is 0 Å². The van der Waals surface area contributed by atoms with Crippen molar-refractivity contribution < 1.29 is 19.1 Å². The number of fused-ring (bicyclic) bond motifs is 1. The molecule has 4 rings (SSSR count). The normalized spacial score (nSPS) is 19.7. The Hall–Kier alpha value is -4.22. The molecule has 3 atom stereocenters. The van der Waals surface area contributed by atoms with Gasteiger partial charge in [0.1, 0.15) is 18.9 Å². The molecule has 0 spiro atoms. The second-order valence-electron chi connectivity index (χ2n) is 7.98. The number of hydrogen-bond donors (Lipinski definition) is 2. The van der Waals surface area contributed by atoms with Crippen molar-refractivity contribution in [3.05, 3.63) is 63.0 Å². The molecule has 0 aliphatic carbocycles. The first-order valence-electron chi connectivity index (χ1n) is 10.6. The monoisotopic (exact) mass is 466 g/mol. The van der Waals surface area contributed by atoms with Gasteiger partial charge in [-0.3, -0.25) is 24.5 Å². The van der Waals surface area contributed by atoms with E-state index in [2.05, 4.69) is 30.3 Å². The zero-order chi connectivity index (χ0) is 24.2. The maximum absolute atomic E-state index is 12.4. The third-order valence-electron chi connectivity index (χ3n) is 5.30. The number of azide groups is 1. The van der Waals surface area contributed by atoms with E-state index in [1.807, 2.05) is 0 Å². The minimum Gasteiger partial charge on any atom is -0.459 e. The van der Waals surface area contributed by atoms with Crippen LogP contribution in [0, 0.1) is 5.92 Å². The molecule has 1 aliphatic rings. The zero-order valence-corrected chi connectivity index (χ0v) is 18.4. The van der Waals surface area contributed by atoms with Crippen LogP contribution in [0.2, 0.25) is 0 Å². The van der Waals surface area contributed by atoms with E-state index in [4.69, 9.17) is 15.0 Å². The van der Waals surface area contributed by atoms with Crippen LogP contribution < -0.4 is 10.9 Å². The third kappa shape index (κ3) is 4.75. The van der Waals surface area contributed by atoms with Crippen molar-refractivity contribution in [2.75, 3.05) is 11.9 Å². The van der Waals surface area contributed by atoms with Crippen LogP contribution in [0.25, 0.3) is 21.6 Å². The van der Waals surface area contributed by atoms with Crippen molar-refractivity contribution in [2.24, 2.45) is 11.0 Å². The molecule has 34 heavy (non-hydrogen) atoms. The topological polar surface area (TPSA) is 177 Å². The lowest BCUT2D eigenvalue weighted by Gasteiger charge is -2.16. The number of benzene rings is 1. The molecule has 3 heterocycles. The van der Waals surface area contributed by atoms with Crippen LogP contribution in [0.15, 0.2) is 46.6 Å². The van der Waals surface area contributed by atoms with Crippen LogP contribution in [0.4, 0.5) is 5.95 Å². The summed E-state index contributed by atoms with van der Waals surface area (Å²) in [5, 5.41) is 6.33. The number of carbonyl (C=O) groups is 2. The van der Waals surface area contributed by atoms with E-state index >= 15 is 0 Å². The van der Waals surface area contributed by atoms with E-state index in [9.17, 15) is 14.4 Å². The predicted molar refractivity (Wildman–Crippen MR) is 120 cm³/mol. The first-order chi connectivity index (χ1) is 16.4. The van der Waals surface area contributed by atoms with Crippen LogP contribution in [0.5, 0.6) is 0 Å². The van der Waals surface area contributed by atoms with Gasteiger partial charge in [0, 0.05) is 17.3 Å². The molecule has 2 aromatic heterocycles. The maximum atomic E-state index is 12.4. The van der Waals surface area contributed by atoms with Gasteiger partial charge in [-0.2, -0.15) is 4.98 Å². The fourth-order valence-electron chi connectivity index (χ4n) is 3.50. The Balaban J connectivity index is 1.55. The summed E-state index contributed by atoms with van der Waals surface area (Å²) in [5.41, 5.74) is 9.08. The van der Waals surface area contributed by atoms with Crippen molar-refractivity contribution in [3.8, 4) is 0 Å². The van der Waals surface area contributed by atoms with Gasteiger partial charge in [0.15, 0.2) is 11.2 Å². The molecule has 1 aromatic carbocycles. The minimum absolute atomic E-state index is 0.0177. The Morgan fingerprint density at radius 1 is 1.38 bits per heavy atom. The number of anilines is 1. The second-order valence-corrected chi connectivity index (χ2v) is 7.98. The van der Waals surface area contributed by atoms with E-state index < -0.39 is 29.9 Å². The van der Waals surface area contributed by atoms with Crippen molar-refractivity contribution in [3.63, 3.8) is 0 Å². The molecule has 13 heteroatoms. The number of nitrogens with zero attached hydrogens (tertiary/aromatic N) is 6. The summed E-state index contributed by atoms with van der Waals surface area (Å²) in [4.78, 5) is 50.5. The first kappa shape index (κ1) is 23.0. The molecule has 1 fully saturated rings. The third-order valence-corrected chi connectivity index (χ3v) is 5.30. The summed E-state index contributed by atoms with van der Waals surface area (Å²) in [7, 11) is 0. The smallest absolute Gasteiger partial charge is 0.338 e. The molecule has 0 bridgehead atoms. The summed E-state index contributed by atoms with van der Waals surface area (Å²) >= 11 is 0. The van der Waals surface area contributed by atoms with Gasteiger partial charge in [-0.25, -0.2) is 9.78 Å².